The van der Waals surface area contributed by atoms with Crippen LogP contribution >= 0.6 is 15.9 Å². The molecule has 174 valence electrons. The predicted octanol–water partition coefficient (Wildman–Crippen LogP) is 2.36. The number of amides is 2. The van der Waals surface area contributed by atoms with Gasteiger partial charge in [0.1, 0.15) is 18.4 Å². The van der Waals surface area contributed by atoms with Crippen molar-refractivity contribution in [3.8, 4) is 0 Å². The molecule has 0 heterocycles. The molecule has 2 aromatic rings. The highest BCUT2D eigenvalue weighted by molar-refractivity contribution is 9.10. The lowest BCUT2D eigenvalue weighted by atomic mass is 10.1. The second-order valence-corrected chi connectivity index (χ2v) is 10.2. The van der Waals surface area contributed by atoms with E-state index in [2.05, 4.69) is 21.2 Å². The molecule has 0 radical (unpaired) electrons. The SMILES string of the molecule is CNC(=O)C(C)N(Cc1ccc(Br)cc1)C(=O)CN(c1ccccc1F)S(=O)(=O)N(C)C. The maximum atomic E-state index is 14.5. The van der Waals surface area contributed by atoms with E-state index in [1.165, 1.54) is 44.2 Å². The summed E-state index contributed by atoms with van der Waals surface area (Å²) in [5, 5.41) is 2.50. The molecule has 2 aromatic carbocycles. The lowest BCUT2D eigenvalue weighted by Gasteiger charge is -2.32. The number of benzene rings is 2. The maximum Gasteiger partial charge on any atom is 0.304 e. The van der Waals surface area contributed by atoms with Gasteiger partial charge in [-0.3, -0.25) is 9.59 Å². The summed E-state index contributed by atoms with van der Waals surface area (Å²) in [5.41, 5.74) is 0.482. The van der Waals surface area contributed by atoms with Crippen molar-refractivity contribution in [2.24, 2.45) is 0 Å². The van der Waals surface area contributed by atoms with E-state index in [-0.39, 0.29) is 12.2 Å². The molecule has 0 saturated carbocycles. The molecule has 1 N–H and O–H groups in total. The molecule has 0 fully saturated rings. The van der Waals surface area contributed by atoms with Gasteiger partial charge in [0.05, 0.1) is 5.69 Å². The Morgan fingerprint density at radius 2 is 1.69 bits per heavy atom. The van der Waals surface area contributed by atoms with Gasteiger partial charge in [0, 0.05) is 32.2 Å². The van der Waals surface area contributed by atoms with Gasteiger partial charge >= 0.3 is 10.2 Å². The van der Waals surface area contributed by atoms with E-state index in [0.29, 0.717) is 4.31 Å². The number of rotatable bonds is 9. The summed E-state index contributed by atoms with van der Waals surface area (Å²) < 4.78 is 42.8. The van der Waals surface area contributed by atoms with Gasteiger partial charge in [-0.2, -0.15) is 12.7 Å². The van der Waals surface area contributed by atoms with Gasteiger partial charge in [0.25, 0.3) is 0 Å². The number of hydrogen-bond acceptors (Lipinski definition) is 4. The minimum absolute atomic E-state index is 0.0633. The van der Waals surface area contributed by atoms with Crippen LogP contribution in [0.4, 0.5) is 10.1 Å². The van der Waals surface area contributed by atoms with E-state index in [1.807, 2.05) is 0 Å². The zero-order chi connectivity index (χ0) is 24.1. The predicted molar refractivity (Wildman–Crippen MR) is 125 cm³/mol. The summed E-state index contributed by atoms with van der Waals surface area (Å²) in [6, 6.07) is 11.6. The summed E-state index contributed by atoms with van der Waals surface area (Å²) in [6.45, 7) is 0.927. The molecule has 8 nitrogen and oxygen atoms in total. The van der Waals surface area contributed by atoms with Crippen molar-refractivity contribution in [1.29, 1.82) is 0 Å². The van der Waals surface area contributed by atoms with Crippen molar-refractivity contribution in [1.82, 2.24) is 14.5 Å². The van der Waals surface area contributed by atoms with Crippen LogP contribution in [0.5, 0.6) is 0 Å². The molecule has 2 rings (SSSR count). The van der Waals surface area contributed by atoms with Crippen molar-refractivity contribution < 1.29 is 22.4 Å². The Labute approximate surface area is 196 Å². The molecule has 0 aliphatic heterocycles. The summed E-state index contributed by atoms with van der Waals surface area (Å²) >= 11 is 3.35. The number of carbonyl (C=O) groups is 2. The summed E-state index contributed by atoms with van der Waals surface area (Å²) in [5.74, 6) is -1.86. The molecule has 0 aromatic heterocycles. The van der Waals surface area contributed by atoms with Crippen LogP contribution in [-0.2, 0) is 26.3 Å². The van der Waals surface area contributed by atoms with Crippen molar-refractivity contribution in [2.75, 3.05) is 32.0 Å². The largest absolute Gasteiger partial charge is 0.357 e. The normalized spacial score (nSPS) is 12.3. The molecular weight excluding hydrogens is 503 g/mol. The molecule has 0 bridgehead atoms. The maximum absolute atomic E-state index is 14.5. The number of hydrogen-bond donors (Lipinski definition) is 1. The summed E-state index contributed by atoms with van der Waals surface area (Å²) in [7, 11) is -0.169. The third-order valence-corrected chi connectivity index (χ3v) is 7.15. The van der Waals surface area contributed by atoms with E-state index in [9.17, 15) is 22.4 Å². The fraction of sp³-hybridized carbons (Fsp3) is 0.333. The number of para-hydroxylation sites is 1. The third-order valence-electron chi connectivity index (χ3n) is 4.82. The Hall–Kier alpha value is -2.50. The van der Waals surface area contributed by atoms with Crippen LogP contribution in [0.15, 0.2) is 53.0 Å². The van der Waals surface area contributed by atoms with E-state index in [4.69, 9.17) is 0 Å². The highest BCUT2D eigenvalue weighted by atomic mass is 79.9. The van der Waals surface area contributed by atoms with E-state index >= 15 is 0 Å². The minimum Gasteiger partial charge on any atom is -0.357 e. The highest BCUT2D eigenvalue weighted by Crippen LogP contribution is 2.24. The lowest BCUT2D eigenvalue weighted by molar-refractivity contribution is -0.139. The van der Waals surface area contributed by atoms with Gasteiger partial charge in [-0.25, -0.2) is 8.70 Å². The van der Waals surface area contributed by atoms with Crippen LogP contribution < -0.4 is 9.62 Å². The van der Waals surface area contributed by atoms with Gasteiger partial charge in [-0.1, -0.05) is 40.2 Å². The fourth-order valence-electron chi connectivity index (χ4n) is 2.93. The molecule has 32 heavy (non-hydrogen) atoms. The molecule has 0 spiro atoms. The number of nitrogens with one attached hydrogen (secondary N) is 1. The van der Waals surface area contributed by atoms with Gasteiger partial charge in [0.15, 0.2) is 0 Å². The standard InChI is InChI=1S/C21H26BrFN4O4S/c1-15(21(29)24-2)26(13-16-9-11-17(22)12-10-16)20(28)14-27(32(30,31)25(3)4)19-8-6-5-7-18(19)23/h5-12,15H,13-14H2,1-4H3,(H,24,29). The third kappa shape index (κ3) is 6.05. The van der Waals surface area contributed by atoms with Crippen LogP contribution in [-0.4, -0.2) is 63.2 Å². The van der Waals surface area contributed by atoms with Crippen molar-refractivity contribution in [3.63, 3.8) is 0 Å². The van der Waals surface area contributed by atoms with Crippen molar-refractivity contribution in [3.05, 3.63) is 64.4 Å². The van der Waals surface area contributed by atoms with E-state index in [1.54, 1.807) is 31.2 Å². The first-order valence-corrected chi connectivity index (χ1v) is 11.9. The van der Waals surface area contributed by atoms with Gasteiger partial charge in [0.2, 0.25) is 11.8 Å². The highest BCUT2D eigenvalue weighted by Gasteiger charge is 2.33. The Balaban J connectivity index is 2.45. The van der Waals surface area contributed by atoms with E-state index in [0.717, 1.165) is 20.4 Å². The Kier molecular flexibility index (Phi) is 8.76. The second-order valence-electron chi connectivity index (χ2n) is 7.19. The van der Waals surface area contributed by atoms with Gasteiger partial charge in [-0.05, 0) is 36.8 Å². The molecule has 11 heteroatoms. The van der Waals surface area contributed by atoms with Crippen molar-refractivity contribution in [2.45, 2.75) is 19.5 Å². The fourth-order valence-corrected chi connectivity index (χ4v) is 4.26. The second kappa shape index (κ2) is 10.9. The summed E-state index contributed by atoms with van der Waals surface area (Å²) in [4.78, 5) is 26.9. The molecular formula is C21H26BrFN4O4S. The lowest BCUT2D eigenvalue weighted by Crippen LogP contribution is -2.52. The number of anilines is 1. The topological polar surface area (TPSA) is 90.0 Å². The van der Waals surface area contributed by atoms with Crippen LogP contribution in [0, 0.1) is 5.82 Å². The Morgan fingerprint density at radius 1 is 1.09 bits per heavy atom. The first kappa shape index (κ1) is 25.8. The van der Waals surface area contributed by atoms with Crippen LogP contribution in [0.3, 0.4) is 0 Å². The Bertz CT molecular complexity index is 1060. The molecule has 0 saturated heterocycles. The Morgan fingerprint density at radius 3 is 2.22 bits per heavy atom. The van der Waals surface area contributed by atoms with Gasteiger partial charge in [-0.15, -0.1) is 0 Å². The molecule has 0 aliphatic rings. The van der Waals surface area contributed by atoms with Crippen LogP contribution in [0.1, 0.15) is 12.5 Å². The van der Waals surface area contributed by atoms with E-state index < -0.39 is 40.4 Å². The average molecular weight is 529 g/mol. The first-order valence-electron chi connectivity index (χ1n) is 9.69. The molecule has 1 unspecified atom stereocenters. The molecule has 2 amide bonds. The number of likely N-dealkylation sites (N-methyl/N-ethyl adjacent to an activating group) is 1. The van der Waals surface area contributed by atoms with Gasteiger partial charge < -0.3 is 10.2 Å². The quantitative estimate of drug-likeness (QED) is 0.540. The minimum atomic E-state index is -4.20. The monoisotopic (exact) mass is 528 g/mol. The molecule has 1 atom stereocenters. The number of halogens is 2. The zero-order valence-electron chi connectivity index (χ0n) is 18.2. The van der Waals surface area contributed by atoms with Crippen LogP contribution in [0.2, 0.25) is 0 Å². The smallest absolute Gasteiger partial charge is 0.304 e. The average Bonchev–Trinajstić information content (AvgIpc) is 2.76. The zero-order valence-corrected chi connectivity index (χ0v) is 20.7. The molecule has 0 aliphatic carbocycles. The summed E-state index contributed by atoms with van der Waals surface area (Å²) in [6.07, 6.45) is 0. The number of carbonyl (C=O) groups excluding carboxylic acids is 2. The van der Waals surface area contributed by atoms with Crippen LogP contribution in [0.25, 0.3) is 0 Å². The number of nitrogens with zero attached hydrogens (tertiary/aromatic N) is 3. The van der Waals surface area contributed by atoms with Crippen molar-refractivity contribution >= 4 is 43.6 Å². The first-order chi connectivity index (χ1) is 15.0.